The zero-order chi connectivity index (χ0) is 14.1. The number of nitrogens with zero attached hydrogens (tertiary/aromatic N) is 1. The van der Waals surface area contributed by atoms with Gasteiger partial charge in [0.25, 0.3) is 5.91 Å². The number of hydrogen-bond acceptors (Lipinski definition) is 4. The maximum absolute atomic E-state index is 13.3. The van der Waals surface area contributed by atoms with Crippen molar-refractivity contribution in [3.8, 4) is 0 Å². The monoisotopic (exact) mass is 287 g/mol. The van der Waals surface area contributed by atoms with Gasteiger partial charge >= 0.3 is 0 Å². The van der Waals surface area contributed by atoms with E-state index in [1.165, 1.54) is 23.5 Å². The number of anilines is 2. The fourth-order valence-corrected chi connectivity index (χ4v) is 2.52. The van der Waals surface area contributed by atoms with E-state index < -0.39 is 5.82 Å². The molecule has 3 rings (SSSR count). The van der Waals surface area contributed by atoms with Crippen LogP contribution in [0.3, 0.4) is 0 Å². The molecule has 0 saturated carbocycles. The zero-order valence-corrected chi connectivity index (χ0v) is 11.1. The number of halogens is 1. The average Bonchev–Trinajstić information content (AvgIpc) is 2.89. The largest absolute Gasteiger partial charge is 0.396 e. The van der Waals surface area contributed by atoms with Crippen LogP contribution in [-0.4, -0.2) is 10.9 Å². The summed E-state index contributed by atoms with van der Waals surface area (Å²) in [4.78, 5) is 16.2. The number of aromatic nitrogens is 1. The molecule has 4 nitrogen and oxygen atoms in total. The molecule has 20 heavy (non-hydrogen) atoms. The Kier molecular flexibility index (Phi) is 3.08. The summed E-state index contributed by atoms with van der Waals surface area (Å²) < 4.78 is 14.3. The van der Waals surface area contributed by atoms with Gasteiger partial charge in [0.05, 0.1) is 21.4 Å². The Bertz CT molecular complexity index is 800. The molecule has 2 aromatic carbocycles. The molecular weight excluding hydrogens is 277 g/mol. The molecule has 3 aromatic rings. The minimum absolute atomic E-state index is 0.0210. The molecular formula is C14H10FN3OS. The second-order valence-corrected chi connectivity index (χ2v) is 5.11. The van der Waals surface area contributed by atoms with Gasteiger partial charge in [-0.2, -0.15) is 0 Å². The number of fused-ring (bicyclic) bond motifs is 1. The highest BCUT2D eigenvalue weighted by atomic mass is 32.1. The number of benzene rings is 2. The van der Waals surface area contributed by atoms with Crippen molar-refractivity contribution in [1.82, 2.24) is 4.98 Å². The molecule has 100 valence electrons. The first-order chi connectivity index (χ1) is 9.63. The lowest BCUT2D eigenvalue weighted by Crippen LogP contribution is -2.12. The van der Waals surface area contributed by atoms with Crippen molar-refractivity contribution in [3.05, 3.63) is 53.3 Å². The Balaban J connectivity index is 1.85. The zero-order valence-electron chi connectivity index (χ0n) is 10.3. The van der Waals surface area contributed by atoms with Gasteiger partial charge in [-0.05, 0) is 36.4 Å². The Morgan fingerprint density at radius 1 is 1.25 bits per heavy atom. The molecule has 0 bridgehead atoms. The Morgan fingerprint density at radius 3 is 2.90 bits per heavy atom. The van der Waals surface area contributed by atoms with E-state index in [2.05, 4.69) is 10.3 Å². The first-order valence-corrected chi connectivity index (χ1v) is 6.71. The molecule has 0 radical (unpaired) electrons. The van der Waals surface area contributed by atoms with Crippen LogP contribution in [0.15, 0.2) is 41.9 Å². The van der Waals surface area contributed by atoms with Crippen LogP contribution in [0.4, 0.5) is 15.8 Å². The summed E-state index contributed by atoms with van der Waals surface area (Å²) in [5, 5.41) is 2.72. The van der Waals surface area contributed by atoms with Gasteiger partial charge in [0, 0.05) is 11.3 Å². The summed E-state index contributed by atoms with van der Waals surface area (Å²) in [6, 6.07) is 9.39. The standard InChI is InChI=1S/C14H10FN3OS/c15-10-5-8(1-3-11(10)16)14(19)18-9-2-4-12-13(6-9)20-7-17-12/h1-7H,16H2,(H,18,19). The lowest BCUT2D eigenvalue weighted by Gasteiger charge is -2.06. The Labute approximate surface area is 118 Å². The highest BCUT2D eigenvalue weighted by Crippen LogP contribution is 2.22. The fraction of sp³-hybridized carbons (Fsp3) is 0. The average molecular weight is 287 g/mol. The number of carbonyl (C=O) groups is 1. The van der Waals surface area contributed by atoms with Gasteiger partial charge in [0.2, 0.25) is 0 Å². The van der Waals surface area contributed by atoms with Crippen LogP contribution in [0.1, 0.15) is 10.4 Å². The molecule has 1 aromatic heterocycles. The van der Waals surface area contributed by atoms with E-state index >= 15 is 0 Å². The van der Waals surface area contributed by atoms with Crippen LogP contribution in [0.25, 0.3) is 10.2 Å². The van der Waals surface area contributed by atoms with Crippen molar-refractivity contribution in [2.45, 2.75) is 0 Å². The quantitative estimate of drug-likeness (QED) is 0.711. The third-order valence-corrected chi connectivity index (χ3v) is 3.64. The minimum atomic E-state index is -0.601. The van der Waals surface area contributed by atoms with E-state index in [1.807, 2.05) is 12.1 Å². The molecule has 0 aliphatic carbocycles. The summed E-state index contributed by atoms with van der Waals surface area (Å²) in [6.07, 6.45) is 0. The molecule has 0 atom stereocenters. The molecule has 0 aliphatic heterocycles. The smallest absolute Gasteiger partial charge is 0.255 e. The normalized spacial score (nSPS) is 10.7. The fourth-order valence-electron chi connectivity index (χ4n) is 1.80. The number of nitrogens with two attached hydrogens (primary N) is 1. The third kappa shape index (κ3) is 2.33. The van der Waals surface area contributed by atoms with E-state index in [9.17, 15) is 9.18 Å². The predicted octanol–water partition coefficient (Wildman–Crippen LogP) is 3.27. The SMILES string of the molecule is Nc1ccc(C(=O)Nc2ccc3ncsc3c2)cc1F. The van der Waals surface area contributed by atoms with E-state index in [0.717, 1.165) is 16.3 Å². The predicted molar refractivity (Wildman–Crippen MR) is 78.4 cm³/mol. The molecule has 0 spiro atoms. The van der Waals surface area contributed by atoms with Crippen molar-refractivity contribution >= 4 is 38.8 Å². The lowest BCUT2D eigenvalue weighted by molar-refractivity contribution is 0.102. The number of amides is 1. The minimum Gasteiger partial charge on any atom is -0.396 e. The van der Waals surface area contributed by atoms with Gasteiger partial charge in [-0.15, -0.1) is 11.3 Å². The van der Waals surface area contributed by atoms with Crippen molar-refractivity contribution in [2.24, 2.45) is 0 Å². The summed E-state index contributed by atoms with van der Waals surface area (Å²) >= 11 is 1.49. The number of hydrogen-bond donors (Lipinski definition) is 2. The first kappa shape index (κ1) is 12.6. The van der Waals surface area contributed by atoms with Crippen molar-refractivity contribution in [3.63, 3.8) is 0 Å². The maximum Gasteiger partial charge on any atom is 0.255 e. The lowest BCUT2D eigenvalue weighted by atomic mass is 10.2. The number of nitrogen functional groups attached to an aromatic ring is 1. The van der Waals surface area contributed by atoms with Gasteiger partial charge in [0.1, 0.15) is 5.82 Å². The number of nitrogens with one attached hydrogen (secondary N) is 1. The van der Waals surface area contributed by atoms with Crippen LogP contribution in [-0.2, 0) is 0 Å². The van der Waals surface area contributed by atoms with E-state index in [4.69, 9.17) is 5.73 Å². The summed E-state index contributed by atoms with van der Waals surface area (Å²) in [7, 11) is 0. The molecule has 1 heterocycles. The van der Waals surface area contributed by atoms with E-state index in [-0.39, 0.29) is 17.2 Å². The van der Waals surface area contributed by atoms with Crippen molar-refractivity contribution in [2.75, 3.05) is 11.1 Å². The summed E-state index contributed by atoms with van der Waals surface area (Å²) in [5.74, 6) is -0.983. The molecule has 1 amide bonds. The van der Waals surface area contributed by atoms with Crippen LogP contribution in [0.2, 0.25) is 0 Å². The van der Waals surface area contributed by atoms with E-state index in [0.29, 0.717) is 5.69 Å². The maximum atomic E-state index is 13.3. The summed E-state index contributed by atoms with van der Waals surface area (Å²) in [6.45, 7) is 0. The Hall–Kier alpha value is -2.47. The van der Waals surface area contributed by atoms with E-state index in [1.54, 1.807) is 11.6 Å². The first-order valence-electron chi connectivity index (χ1n) is 5.83. The third-order valence-electron chi connectivity index (χ3n) is 2.85. The summed E-state index contributed by atoms with van der Waals surface area (Å²) in [5.41, 5.74) is 8.89. The van der Waals surface area contributed by atoms with Gasteiger partial charge in [-0.25, -0.2) is 9.37 Å². The van der Waals surface area contributed by atoms with Crippen LogP contribution in [0, 0.1) is 5.82 Å². The number of rotatable bonds is 2. The highest BCUT2D eigenvalue weighted by molar-refractivity contribution is 7.16. The number of carbonyl (C=O) groups excluding carboxylic acids is 1. The molecule has 0 saturated heterocycles. The van der Waals surface area contributed by atoms with Crippen molar-refractivity contribution < 1.29 is 9.18 Å². The highest BCUT2D eigenvalue weighted by Gasteiger charge is 2.09. The van der Waals surface area contributed by atoms with Crippen molar-refractivity contribution in [1.29, 1.82) is 0 Å². The van der Waals surface area contributed by atoms with Gasteiger partial charge in [0.15, 0.2) is 0 Å². The second kappa shape index (κ2) is 4.90. The number of thiazole rings is 1. The van der Waals surface area contributed by atoms with Crippen LogP contribution >= 0.6 is 11.3 Å². The molecule has 0 unspecified atom stereocenters. The molecule has 0 fully saturated rings. The topological polar surface area (TPSA) is 68.0 Å². The molecule has 3 N–H and O–H groups in total. The molecule has 0 aliphatic rings. The van der Waals surface area contributed by atoms with Gasteiger partial charge in [-0.3, -0.25) is 4.79 Å². The van der Waals surface area contributed by atoms with Crippen LogP contribution in [0.5, 0.6) is 0 Å². The molecule has 6 heteroatoms. The Morgan fingerprint density at radius 2 is 2.10 bits per heavy atom. The second-order valence-electron chi connectivity index (χ2n) is 4.23. The van der Waals surface area contributed by atoms with Crippen LogP contribution < -0.4 is 11.1 Å². The van der Waals surface area contributed by atoms with Gasteiger partial charge in [-0.1, -0.05) is 0 Å². The van der Waals surface area contributed by atoms with Gasteiger partial charge < -0.3 is 11.1 Å².